The highest BCUT2D eigenvalue weighted by molar-refractivity contribution is 5.70. The summed E-state index contributed by atoms with van der Waals surface area (Å²) < 4.78 is 5.49. The number of aromatic nitrogens is 1. The summed E-state index contributed by atoms with van der Waals surface area (Å²) in [6, 6.07) is 7.29. The lowest BCUT2D eigenvalue weighted by atomic mass is 9.66. The number of hydrogen-bond acceptors (Lipinski definition) is 5. The van der Waals surface area contributed by atoms with Crippen LogP contribution < -0.4 is 5.32 Å². The number of carbonyl (C=O) groups is 1. The van der Waals surface area contributed by atoms with Crippen LogP contribution in [0, 0.1) is 16.7 Å². The molecule has 3 heterocycles. The molecule has 6 heteroatoms. The van der Waals surface area contributed by atoms with E-state index in [9.17, 15) is 4.79 Å². The molecular weight excluding hydrogens is 280 g/mol. The van der Waals surface area contributed by atoms with Crippen LogP contribution in [0.5, 0.6) is 0 Å². The summed E-state index contributed by atoms with van der Waals surface area (Å²) in [7, 11) is 0. The van der Waals surface area contributed by atoms with E-state index in [-0.39, 0.29) is 17.6 Å². The Morgan fingerprint density at radius 3 is 2.77 bits per heavy atom. The molecule has 22 heavy (non-hydrogen) atoms. The summed E-state index contributed by atoms with van der Waals surface area (Å²) in [6.45, 7) is 7.95. The van der Waals surface area contributed by atoms with Gasteiger partial charge in [0.25, 0.3) is 0 Å². The van der Waals surface area contributed by atoms with E-state index in [2.05, 4.69) is 16.4 Å². The SMILES string of the molecule is CC(C)(C)OC(=O)N1CC2(CNC2)C1c1cccc(C#N)n1. The van der Waals surface area contributed by atoms with Gasteiger partial charge in [0.1, 0.15) is 17.4 Å². The van der Waals surface area contributed by atoms with Gasteiger partial charge in [0.15, 0.2) is 0 Å². The fraction of sp³-hybridized carbons (Fsp3) is 0.562. The van der Waals surface area contributed by atoms with E-state index >= 15 is 0 Å². The molecule has 116 valence electrons. The van der Waals surface area contributed by atoms with Gasteiger partial charge in [0.2, 0.25) is 0 Å². The van der Waals surface area contributed by atoms with Gasteiger partial charge >= 0.3 is 6.09 Å². The van der Waals surface area contributed by atoms with Gasteiger partial charge < -0.3 is 10.1 Å². The summed E-state index contributed by atoms with van der Waals surface area (Å²) in [4.78, 5) is 18.5. The summed E-state index contributed by atoms with van der Waals surface area (Å²) in [6.07, 6.45) is -0.320. The molecule has 1 N–H and O–H groups in total. The zero-order valence-electron chi connectivity index (χ0n) is 13.1. The first-order valence-corrected chi connectivity index (χ1v) is 7.42. The van der Waals surface area contributed by atoms with E-state index in [1.807, 2.05) is 32.9 Å². The normalized spacial score (nSPS) is 22.5. The lowest BCUT2D eigenvalue weighted by Crippen LogP contribution is -2.73. The molecule has 0 aliphatic carbocycles. The molecule has 3 rings (SSSR count). The maximum Gasteiger partial charge on any atom is 0.410 e. The molecule has 0 aromatic carbocycles. The van der Waals surface area contributed by atoms with Crippen molar-refractivity contribution in [2.45, 2.75) is 32.4 Å². The zero-order chi connectivity index (χ0) is 16.0. The van der Waals surface area contributed by atoms with E-state index in [0.717, 1.165) is 18.8 Å². The molecule has 0 radical (unpaired) electrons. The molecule has 2 saturated heterocycles. The Bertz CT molecular complexity index is 640. The Morgan fingerprint density at radius 2 is 2.23 bits per heavy atom. The predicted octanol–water partition coefficient (Wildman–Crippen LogP) is 1.83. The number of nitriles is 1. The molecule has 6 nitrogen and oxygen atoms in total. The van der Waals surface area contributed by atoms with Crippen LogP contribution in [0.2, 0.25) is 0 Å². The molecule has 1 atom stereocenters. The first-order chi connectivity index (χ1) is 10.3. The lowest BCUT2D eigenvalue weighted by molar-refractivity contribution is -0.110. The Balaban J connectivity index is 1.86. The van der Waals surface area contributed by atoms with Gasteiger partial charge in [-0.05, 0) is 32.9 Å². The summed E-state index contributed by atoms with van der Waals surface area (Å²) in [5, 5.41) is 12.3. The third-order valence-corrected chi connectivity index (χ3v) is 4.12. The minimum atomic E-state index is -0.524. The third-order valence-electron chi connectivity index (χ3n) is 4.12. The molecule has 1 aromatic heterocycles. The van der Waals surface area contributed by atoms with Gasteiger partial charge in [-0.2, -0.15) is 5.26 Å². The summed E-state index contributed by atoms with van der Waals surface area (Å²) in [5.41, 5.74) is 0.635. The fourth-order valence-electron chi connectivity index (χ4n) is 3.12. The molecule has 1 unspecified atom stereocenters. The van der Waals surface area contributed by atoms with Crippen molar-refractivity contribution in [2.75, 3.05) is 19.6 Å². The van der Waals surface area contributed by atoms with Crippen LogP contribution in [0.1, 0.15) is 38.2 Å². The van der Waals surface area contributed by atoms with Crippen molar-refractivity contribution < 1.29 is 9.53 Å². The summed E-state index contributed by atoms with van der Waals surface area (Å²) >= 11 is 0. The maximum atomic E-state index is 12.4. The Hall–Kier alpha value is -2.13. The molecule has 2 aliphatic rings. The lowest BCUT2D eigenvalue weighted by Gasteiger charge is -2.61. The van der Waals surface area contributed by atoms with Crippen molar-refractivity contribution in [2.24, 2.45) is 5.41 Å². The number of pyridine rings is 1. The van der Waals surface area contributed by atoms with E-state index in [0.29, 0.717) is 12.2 Å². The van der Waals surface area contributed by atoms with Gasteiger partial charge in [0.05, 0.1) is 11.7 Å². The number of rotatable bonds is 1. The molecular formula is C16H20N4O2. The van der Waals surface area contributed by atoms with Crippen LogP contribution in [-0.2, 0) is 4.74 Å². The monoisotopic (exact) mass is 300 g/mol. The second-order valence-electron chi connectivity index (χ2n) is 7.04. The molecule has 1 aromatic rings. The van der Waals surface area contributed by atoms with Crippen LogP contribution in [0.4, 0.5) is 4.79 Å². The van der Waals surface area contributed by atoms with E-state index in [1.54, 1.807) is 11.0 Å². The molecule has 1 spiro atoms. The topological polar surface area (TPSA) is 78.2 Å². The number of nitrogens with zero attached hydrogens (tertiary/aromatic N) is 3. The highest BCUT2D eigenvalue weighted by Gasteiger charge is 2.59. The summed E-state index contributed by atoms with van der Waals surface area (Å²) in [5.74, 6) is 0. The smallest absolute Gasteiger partial charge is 0.410 e. The average molecular weight is 300 g/mol. The van der Waals surface area contributed by atoms with Crippen LogP contribution >= 0.6 is 0 Å². The van der Waals surface area contributed by atoms with Crippen LogP contribution in [0.15, 0.2) is 18.2 Å². The highest BCUT2D eigenvalue weighted by Crippen LogP contribution is 2.51. The first kappa shape index (κ1) is 14.8. The Labute approximate surface area is 130 Å². The standard InChI is InChI=1S/C16H20N4O2/c1-15(2,3)22-14(21)20-10-16(8-18-9-16)13(20)12-6-4-5-11(7-17)19-12/h4-6,13,18H,8-10H2,1-3H3. The second-order valence-corrected chi connectivity index (χ2v) is 7.04. The number of likely N-dealkylation sites (tertiary alicyclic amines) is 1. The number of ether oxygens (including phenoxy) is 1. The molecule has 0 saturated carbocycles. The third kappa shape index (κ3) is 2.42. The van der Waals surface area contributed by atoms with Gasteiger partial charge in [-0.15, -0.1) is 0 Å². The van der Waals surface area contributed by atoms with Crippen molar-refractivity contribution in [3.63, 3.8) is 0 Å². The fourth-order valence-corrected chi connectivity index (χ4v) is 3.12. The number of amides is 1. The maximum absolute atomic E-state index is 12.4. The van der Waals surface area contributed by atoms with Crippen molar-refractivity contribution in [3.8, 4) is 6.07 Å². The average Bonchev–Trinajstić information content (AvgIpc) is 2.34. The van der Waals surface area contributed by atoms with Crippen LogP contribution in [0.25, 0.3) is 0 Å². The molecule has 2 aliphatic heterocycles. The quantitative estimate of drug-likeness (QED) is 0.856. The number of carbonyl (C=O) groups excluding carboxylic acids is 1. The minimum absolute atomic E-state index is 0.0258. The molecule has 0 bridgehead atoms. The number of hydrogen-bond donors (Lipinski definition) is 1. The van der Waals surface area contributed by atoms with E-state index in [1.165, 1.54) is 0 Å². The van der Waals surface area contributed by atoms with Gasteiger partial charge in [-0.1, -0.05) is 6.07 Å². The van der Waals surface area contributed by atoms with Crippen LogP contribution in [0.3, 0.4) is 0 Å². The van der Waals surface area contributed by atoms with Gasteiger partial charge in [-0.3, -0.25) is 4.90 Å². The van der Waals surface area contributed by atoms with Crippen molar-refractivity contribution >= 4 is 6.09 Å². The van der Waals surface area contributed by atoms with Gasteiger partial charge in [-0.25, -0.2) is 9.78 Å². The highest BCUT2D eigenvalue weighted by atomic mass is 16.6. The van der Waals surface area contributed by atoms with Crippen molar-refractivity contribution in [1.29, 1.82) is 5.26 Å². The molecule has 2 fully saturated rings. The van der Waals surface area contributed by atoms with Crippen molar-refractivity contribution in [1.82, 2.24) is 15.2 Å². The Morgan fingerprint density at radius 1 is 1.50 bits per heavy atom. The van der Waals surface area contributed by atoms with E-state index < -0.39 is 5.60 Å². The Kier molecular flexibility index (Phi) is 3.33. The minimum Gasteiger partial charge on any atom is -0.444 e. The van der Waals surface area contributed by atoms with Crippen LogP contribution in [-0.4, -0.2) is 41.2 Å². The van der Waals surface area contributed by atoms with Crippen molar-refractivity contribution in [3.05, 3.63) is 29.6 Å². The predicted molar refractivity (Wildman–Crippen MR) is 79.9 cm³/mol. The number of nitrogens with one attached hydrogen (secondary N) is 1. The zero-order valence-corrected chi connectivity index (χ0v) is 13.1. The first-order valence-electron chi connectivity index (χ1n) is 7.42. The van der Waals surface area contributed by atoms with E-state index in [4.69, 9.17) is 10.00 Å². The second kappa shape index (κ2) is 4.96. The van der Waals surface area contributed by atoms with Gasteiger partial charge in [0, 0.05) is 25.0 Å². The molecule has 1 amide bonds. The largest absolute Gasteiger partial charge is 0.444 e.